The van der Waals surface area contributed by atoms with Crippen molar-refractivity contribution in [2.45, 2.75) is 0 Å². The summed E-state index contributed by atoms with van der Waals surface area (Å²) in [4.78, 5) is 7.40. The molecule has 0 saturated carbocycles. The number of aromatic nitrogens is 2. The van der Waals surface area contributed by atoms with Gasteiger partial charge in [0, 0.05) is 6.20 Å². The summed E-state index contributed by atoms with van der Waals surface area (Å²) >= 11 is 7.44. The molecule has 0 spiro atoms. The van der Waals surface area contributed by atoms with Crippen molar-refractivity contribution in [1.82, 2.24) is 9.97 Å². The second kappa shape index (κ2) is 2.66. The molecule has 3 nitrogen and oxygen atoms in total. The van der Waals surface area contributed by atoms with Crippen LogP contribution in [-0.2, 0) is 0 Å². The highest BCUT2D eigenvalue weighted by molar-refractivity contribution is 14.1. The van der Waals surface area contributed by atoms with Gasteiger partial charge in [0.2, 0.25) is 5.28 Å². The molecule has 0 unspecified atom stereocenters. The van der Waals surface area contributed by atoms with Gasteiger partial charge in [0.25, 0.3) is 0 Å². The fraction of sp³-hybridized carbons (Fsp3) is 0. The fourth-order valence-electron chi connectivity index (χ4n) is 0.358. The molecule has 5 heteroatoms. The Kier molecular flexibility index (Phi) is 2.07. The first-order valence-electron chi connectivity index (χ1n) is 2.13. The van der Waals surface area contributed by atoms with Crippen LogP contribution in [0.4, 0.5) is 5.82 Å². The number of anilines is 1. The molecular weight excluding hydrogens is 252 g/mol. The number of hydrogen-bond acceptors (Lipinski definition) is 3. The second-order valence-electron chi connectivity index (χ2n) is 1.37. The van der Waals surface area contributed by atoms with Crippen LogP contribution in [0.3, 0.4) is 0 Å². The Morgan fingerprint density at radius 3 is 2.78 bits per heavy atom. The minimum Gasteiger partial charge on any atom is -0.383 e. The molecule has 0 aliphatic rings. The Labute approximate surface area is 70.8 Å². The lowest BCUT2D eigenvalue weighted by Gasteiger charge is -1.93. The number of nitrogen functional groups attached to an aromatic ring is 1. The van der Waals surface area contributed by atoms with Gasteiger partial charge in [-0.1, -0.05) is 0 Å². The zero-order valence-corrected chi connectivity index (χ0v) is 7.22. The number of rotatable bonds is 0. The lowest BCUT2D eigenvalue weighted by molar-refractivity contribution is 1.16. The number of halogens is 2. The molecule has 0 amide bonds. The third-order valence-corrected chi connectivity index (χ3v) is 1.76. The van der Waals surface area contributed by atoms with Crippen LogP contribution in [0.1, 0.15) is 0 Å². The van der Waals surface area contributed by atoms with Crippen molar-refractivity contribution in [3.05, 3.63) is 15.1 Å². The van der Waals surface area contributed by atoms with Gasteiger partial charge in [-0.3, -0.25) is 0 Å². The predicted octanol–water partition coefficient (Wildman–Crippen LogP) is 1.32. The Morgan fingerprint density at radius 1 is 1.67 bits per heavy atom. The summed E-state index contributed by atoms with van der Waals surface area (Å²) in [7, 11) is 0. The first-order chi connectivity index (χ1) is 4.20. The van der Waals surface area contributed by atoms with Gasteiger partial charge in [-0.15, -0.1) is 0 Å². The second-order valence-corrected chi connectivity index (χ2v) is 2.87. The van der Waals surface area contributed by atoms with Crippen LogP contribution in [-0.4, -0.2) is 9.97 Å². The third-order valence-electron chi connectivity index (χ3n) is 0.742. The first-order valence-corrected chi connectivity index (χ1v) is 3.59. The highest BCUT2D eigenvalue weighted by Gasteiger charge is 1.96. The van der Waals surface area contributed by atoms with Crippen LogP contribution < -0.4 is 5.73 Å². The molecule has 0 bridgehead atoms. The molecule has 0 fully saturated rings. The van der Waals surface area contributed by atoms with E-state index in [0.717, 1.165) is 3.57 Å². The van der Waals surface area contributed by atoms with E-state index in [2.05, 4.69) is 9.97 Å². The van der Waals surface area contributed by atoms with E-state index < -0.39 is 0 Å². The van der Waals surface area contributed by atoms with Crippen molar-refractivity contribution >= 4 is 40.0 Å². The summed E-state index contributed by atoms with van der Waals surface area (Å²) in [5.41, 5.74) is 5.38. The van der Waals surface area contributed by atoms with Gasteiger partial charge in [-0.25, -0.2) is 4.98 Å². The van der Waals surface area contributed by atoms with Crippen molar-refractivity contribution in [2.75, 3.05) is 5.73 Å². The maximum absolute atomic E-state index is 5.41. The lowest BCUT2D eigenvalue weighted by Crippen LogP contribution is -1.94. The van der Waals surface area contributed by atoms with E-state index in [1.807, 2.05) is 22.6 Å². The Bertz CT molecular complexity index is 227. The normalized spacial score (nSPS) is 9.56. The van der Waals surface area contributed by atoms with Gasteiger partial charge in [0.15, 0.2) is 0 Å². The molecule has 0 radical (unpaired) electrons. The smallest absolute Gasteiger partial charge is 0.224 e. The molecule has 1 heterocycles. The van der Waals surface area contributed by atoms with Crippen molar-refractivity contribution in [1.29, 1.82) is 0 Å². The summed E-state index contributed by atoms with van der Waals surface area (Å²) in [6.07, 6.45) is 1.57. The monoisotopic (exact) mass is 255 g/mol. The molecule has 1 aromatic heterocycles. The molecule has 0 saturated heterocycles. The molecule has 1 aromatic rings. The Balaban J connectivity index is 3.17. The van der Waals surface area contributed by atoms with E-state index >= 15 is 0 Å². The largest absolute Gasteiger partial charge is 0.383 e. The third kappa shape index (κ3) is 1.65. The molecular formula is C4H3ClIN3. The van der Waals surface area contributed by atoms with Crippen LogP contribution >= 0.6 is 34.2 Å². The number of nitrogens with two attached hydrogens (primary N) is 1. The van der Waals surface area contributed by atoms with Crippen molar-refractivity contribution in [3.8, 4) is 0 Å². The zero-order valence-electron chi connectivity index (χ0n) is 4.31. The maximum Gasteiger partial charge on any atom is 0.224 e. The average Bonchev–Trinajstić information content (AvgIpc) is 1.80. The fourth-order valence-corrected chi connectivity index (χ4v) is 0.757. The maximum atomic E-state index is 5.41. The van der Waals surface area contributed by atoms with E-state index in [1.165, 1.54) is 0 Å². The summed E-state index contributed by atoms with van der Waals surface area (Å²) in [6, 6.07) is 0. The van der Waals surface area contributed by atoms with E-state index in [4.69, 9.17) is 17.3 Å². The number of hydrogen-bond donors (Lipinski definition) is 1. The zero-order chi connectivity index (χ0) is 6.85. The summed E-state index contributed by atoms with van der Waals surface area (Å²) < 4.78 is 0.817. The van der Waals surface area contributed by atoms with Gasteiger partial charge in [0.1, 0.15) is 5.82 Å². The van der Waals surface area contributed by atoms with Crippen LogP contribution in [0.2, 0.25) is 5.28 Å². The minimum atomic E-state index is 0.188. The predicted molar refractivity (Wildman–Crippen MR) is 44.2 cm³/mol. The summed E-state index contributed by atoms with van der Waals surface area (Å²) in [6.45, 7) is 0. The summed E-state index contributed by atoms with van der Waals surface area (Å²) in [5, 5.41) is 0.188. The first kappa shape index (κ1) is 7.01. The molecule has 0 aromatic carbocycles. The Hall–Kier alpha value is -0.100. The van der Waals surface area contributed by atoms with E-state index in [0.29, 0.717) is 5.82 Å². The van der Waals surface area contributed by atoms with Gasteiger partial charge in [-0.05, 0) is 34.2 Å². The molecule has 9 heavy (non-hydrogen) atoms. The molecule has 0 atom stereocenters. The van der Waals surface area contributed by atoms with Crippen LogP contribution in [0.25, 0.3) is 0 Å². The van der Waals surface area contributed by atoms with Gasteiger partial charge in [0.05, 0.1) is 3.57 Å². The summed E-state index contributed by atoms with van der Waals surface area (Å²) in [5.74, 6) is 0.426. The van der Waals surface area contributed by atoms with Gasteiger partial charge < -0.3 is 5.73 Å². The van der Waals surface area contributed by atoms with Gasteiger partial charge >= 0.3 is 0 Å². The SMILES string of the molecule is Nc1nc(Cl)ncc1I. The molecule has 1 rings (SSSR count). The van der Waals surface area contributed by atoms with Crippen LogP contribution in [0.5, 0.6) is 0 Å². The average molecular weight is 255 g/mol. The van der Waals surface area contributed by atoms with Crippen molar-refractivity contribution < 1.29 is 0 Å². The van der Waals surface area contributed by atoms with Gasteiger partial charge in [-0.2, -0.15) is 4.98 Å². The molecule has 48 valence electrons. The van der Waals surface area contributed by atoms with Crippen molar-refractivity contribution in [2.24, 2.45) is 0 Å². The lowest BCUT2D eigenvalue weighted by atomic mass is 10.6. The molecule has 2 N–H and O–H groups in total. The van der Waals surface area contributed by atoms with Crippen LogP contribution in [0, 0.1) is 3.57 Å². The van der Waals surface area contributed by atoms with E-state index in [1.54, 1.807) is 6.20 Å². The van der Waals surface area contributed by atoms with Crippen molar-refractivity contribution in [3.63, 3.8) is 0 Å². The minimum absolute atomic E-state index is 0.188. The topological polar surface area (TPSA) is 51.8 Å². The molecule has 0 aliphatic carbocycles. The highest BCUT2D eigenvalue weighted by atomic mass is 127. The van der Waals surface area contributed by atoms with E-state index in [9.17, 15) is 0 Å². The Morgan fingerprint density at radius 2 is 2.33 bits per heavy atom. The van der Waals surface area contributed by atoms with Crippen LogP contribution in [0.15, 0.2) is 6.20 Å². The standard InChI is InChI=1S/C4H3ClIN3/c5-4-8-1-2(6)3(7)9-4/h1H,(H2,7,8,9). The molecule has 0 aliphatic heterocycles. The quantitative estimate of drug-likeness (QED) is 0.562. The number of nitrogens with zero attached hydrogens (tertiary/aromatic N) is 2. The van der Waals surface area contributed by atoms with E-state index in [-0.39, 0.29) is 5.28 Å². The highest BCUT2D eigenvalue weighted by Crippen LogP contribution is 2.11.